The van der Waals surface area contributed by atoms with E-state index in [1.165, 1.54) is 4.31 Å². The molecule has 5 nitrogen and oxygen atoms in total. The Morgan fingerprint density at radius 1 is 1.04 bits per heavy atom. The average molecular weight is 335 g/mol. The standard InChI is InChI=1S/C17H21NO4S/c1-14-13-16(9-10-17(14)22-12-11-21-3)23(19,20)18(2)15-7-5-4-6-8-15/h4-10,13H,11-12H2,1-3H3. The molecule has 0 saturated carbocycles. The third-order valence-electron chi connectivity index (χ3n) is 3.47. The maximum Gasteiger partial charge on any atom is 0.264 e. The molecule has 124 valence electrons. The molecule has 0 aliphatic heterocycles. The molecule has 0 unspecified atom stereocenters. The van der Waals surface area contributed by atoms with Crippen LogP contribution < -0.4 is 9.04 Å². The van der Waals surface area contributed by atoms with Gasteiger partial charge in [0.1, 0.15) is 12.4 Å². The monoisotopic (exact) mass is 335 g/mol. The van der Waals surface area contributed by atoms with Gasteiger partial charge in [-0.2, -0.15) is 0 Å². The zero-order valence-corrected chi connectivity index (χ0v) is 14.3. The van der Waals surface area contributed by atoms with Crippen molar-refractivity contribution in [2.75, 3.05) is 31.7 Å². The number of hydrogen-bond donors (Lipinski definition) is 0. The minimum atomic E-state index is -3.60. The van der Waals surface area contributed by atoms with Gasteiger partial charge in [-0.1, -0.05) is 18.2 Å². The number of methoxy groups -OCH3 is 1. The van der Waals surface area contributed by atoms with Gasteiger partial charge in [-0.05, 0) is 42.8 Å². The summed E-state index contributed by atoms with van der Waals surface area (Å²) in [6.07, 6.45) is 0. The summed E-state index contributed by atoms with van der Waals surface area (Å²) in [7, 11) is -0.456. The van der Waals surface area contributed by atoms with Gasteiger partial charge in [-0.15, -0.1) is 0 Å². The fourth-order valence-corrected chi connectivity index (χ4v) is 3.40. The molecule has 0 aromatic heterocycles. The van der Waals surface area contributed by atoms with Crippen LogP contribution in [0.25, 0.3) is 0 Å². The quantitative estimate of drug-likeness (QED) is 0.730. The number of nitrogens with zero attached hydrogens (tertiary/aromatic N) is 1. The maximum atomic E-state index is 12.7. The van der Waals surface area contributed by atoms with Crippen molar-refractivity contribution in [2.24, 2.45) is 0 Å². The Morgan fingerprint density at radius 3 is 2.35 bits per heavy atom. The van der Waals surface area contributed by atoms with Gasteiger partial charge in [-0.25, -0.2) is 8.42 Å². The van der Waals surface area contributed by atoms with Crippen molar-refractivity contribution < 1.29 is 17.9 Å². The first-order valence-corrected chi connectivity index (χ1v) is 8.67. The number of benzene rings is 2. The number of sulfonamides is 1. The van der Waals surface area contributed by atoms with Crippen molar-refractivity contribution >= 4 is 15.7 Å². The molecule has 0 bridgehead atoms. The van der Waals surface area contributed by atoms with Crippen LogP contribution in [0.4, 0.5) is 5.69 Å². The van der Waals surface area contributed by atoms with Crippen LogP contribution in [-0.4, -0.2) is 35.8 Å². The molecule has 0 spiro atoms. The molecule has 0 heterocycles. The molecule has 0 aliphatic rings. The van der Waals surface area contributed by atoms with Crippen LogP contribution in [0.2, 0.25) is 0 Å². The highest BCUT2D eigenvalue weighted by molar-refractivity contribution is 7.92. The maximum absolute atomic E-state index is 12.7. The third kappa shape index (κ3) is 4.03. The molecule has 0 aliphatic carbocycles. The molecule has 2 aromatic rings. The predicted molar refractivity (Wildman–Crippen MR) is 90.6 cm³/mol. The number of anilines is 1. The highest BCUT2D eigenvalue weighted by Crippen LogP contribution is 2.26. The molecule has 0 radical (unpaired) electrons. The average Bonchev–Trinajstić information content (AvgIpc) is 2.56. The summed E-state index contributed by atoms with van der Waals surface area (Å²) in [6, 6.07) is 13.8. The highest BCUT2D eigenvalue weighted by Gasteiger charge is 2.21. The van der Waals surface area contributed by atoms with E-state index in [0.717, 1.165) is 5.56 Å². The smallest absolute Gasteiger partial charge is 0.264 e. The van der Waals surface area contributed by atoms with E-state index in [-0.39, 0.29) is 4.90 Å². The van der Waals surface area contributed by atoms with Gasteiger partial charge in [0.15, 0.2) is 0 Å². The lowest BCUT2D eigenvalue weighted by Crippen LogP contribution is -2.26. The van der Waals surface area contributed by atoms with Gasteiger partial charge in [0.05, 0.1) is 17.2 Å². The molecule has 2 aromatic carbocycles. The number of ether oxygens (including phenoxy) is 2. The van der Waals surface area contributed by atoms with Crippen molar-refractivity contribution in [3.05, 3.63) is 54.1 Å². The number of hydrogen-bond acceptors (Lipinski definition) is 4. The van der Waals surface area contributed by atoms with Crippen molar-refractivity contribution in [1.82, 2.24) is 0 Å². The molecular formula is C17H21NO4S. The Bertz CT molecular complexity index is 744. The van der Waals surface area contributed by atoms with Crippen molar-refractivity contribution in [3.63, 3.8) is 0 Å². The minimum absolute atomic E-state index is 0.237. The first-order valence-electron chi connectivity index (χ1n) is 7.23. The van der Waals surface area contributed by atoms with E-state index in [0.29, 0.717) is 24.7 Å². The molecular weight excluding hydrogens is 314 g/mol. The fraction of sp³-hybridized carbons (Fsp3) is 0.294. The zero-order chi connectivity index (χ0) is 16.9. The highest BCUT2D eigenvalue weighted by atomic mass is 32.2. The largest absolute Gasteiger partial charge is 0.491 e. The second-order valence-corrected chi connectivity index (χ2v) is 7.05. The molecule has 23 heavy (non-hydrogen) atoms. The van der Waals surface area contributed by atoms with Crippen molar-refractivity contribution in [1.29, 1.82) is 0 Å². The van der Waals surface area contributed by atoms with E-state index in [1.54, 1.807) is 56.6 Å². The summed E-state index contributed by atoms with van der Waals surface area (Å²) >= 11 is 0. The number of aryl methyl sites for hydroxylation is 1. The van der Waals surface area contributed by atoms with E-state index in [9.17, 15) is 8.42 Å². The van der Waals surface area contributed by atoms with Gasteiger partial charge in [0.2, 0.25) is 0 Å². The van der Waals surface area contributed by atoms with Gasteiger partial charge in [0.25, 0.3) is 10.0 Å². The Labute approximate surface area is 137 Å². The van der Waals surface area contributed by atoms with Gasteiger partial charge in [0, 0.05) is 14.2 Å². The summed E-state index contributed by atoms with van der Waals surface area (Å²) in [5.74, 6) is 0.656. The Kier molecular flexibility index (Phi) is 5.63. The van der Waals surface area contributed by atoms with Crippen LogP contribution >= 0.6 is 0 Å². The van der Waals surface area contributed by atoms with E-state index < -0.39 is 10.0 Å². The fourth-order valence-electron chi connectivity index (χ4n) is 2.11. The second-order valence-electron chi connectivity index (χ2n) is 5.08. The lowest BCUT2D eigenvalue weighted by molar-refractivity contribution is 0.146. The summed E-state index contributed by atoms with van der Waals surface area (Å²) in [6.45, 7) is 2.73. The Morgan fingerprint density at radius 2 is 1.74 bits per heavy atom. The molecule has 6 heteroatoms. The minimum Gasteiger partial charge on any atom is -0.491 e. The molecule has 0 atom stereocenters. The van der Waals surface area contributed by atoms with Crippen LogP contribution in [0, 0.1) is 6.92 Å². The van der Waals surface area contributed by atoms with E-state index in [1.807, 2.05) is 13.0 Å². The van der Waals surface area contributed by atoms with Gasteiger partial charge < -0.3 is 9.47 Å². The lowest BCUT2D eigenvalue weighted by atomic mass is 10.2. The van der Waals surface area contributed by atoms with Gasteiger partial charge >= 0.3 is 0 Å². The van der Waals surface area contributed by atoms with Crippen LogP contribution in [0.5, 0.6) is 5.75 Å². The molecule has 0 fully saturated rings. The predicted octanol–water partition coefficient (Wildman–Crippen LogP) is 2.85. The van der Waals surface area contributed by atoms with Crippen molar-refractivity contribution in [3.8, 4) is 5.75 Å². The topological polar surface area (TPSA) is 55.8 Å². The van der Waals surface area contributed by atoms with Crippen LogP contribution in [-0.2, 0) is 14.8 Å². The molecule has 2 rings (SSSR count). The van der Waals surface area contributed by atoms with Crippen LogP contribution in [0.1, 0.15) is 5.56 Å². The second kappa shape index (κ2) is 7.48. The Balaban J connectivity index is 2.25. The molecule has 0 amide bonds. The first-order chi connectivity index (χ1) is 11.0. The summed E-state index contributed by atoms with van der Waals surface area (Å²) in [5.41, 5.74) is 1.38. The Hall–Kier alpha value is -2.05. The lowest BCUT2D eigenvalue weighted by Gasteiger charge is -2.20. The van der Waals surface area contributed by atoms with Crippen LogP contribution in [0.3, 0.4) is 0 Å². The third-order valence-corrected chi connectivity index (χ3v) is 5.25. The van der Waals surface area contributed by atoms with E-state index in [4.69, 9.17) is 9.47 Å². The molecule has 0 N–H and O–H groups in total. The van der Waals surface area contributed by atoms with Crippen LogP contribution in [0.15, 0.2) is 53.4 Å². The number of para-hydroxylation sites is 1. The van der Waals surface area contributed by atoms with Gasteiger partial charge in [-0.3, -0.25) is 4.31 Å². The molecule has 0 saturated heterocycles. The summed E-state index contributed by atoms with van der Waals surface area (Å²) < 4.78 is 37.2. The SMILES string of the molecule is COCCOc1ccc(S(=O)(=O)N(C)c2ccccc2)cc1C. The number of rotatable bonds is 7. The van der Waals surface area contributed by atoms with Crippen molar-refractivity contribution in [2.45, 2.75) is 11.8 Å². The summed E-state index contributed by atoms with van der Waals surface area (Å²) in [5, 5.41) is 0. The van der Waals surface area contributed by atoms with E-state index in [2.05, 4.69) is 0 Å². The van der Waals surface area contributed by atoms with E-state index >= 15 is 0 Å². The normalized spacial score (nSPS) is 11.3. The first kappa shape index (κ1) is 17.3. The summed E-state index contributed by atoms with van der Waals surface area (Å²) in [4.78, 5) is 0.237. The zero-order valence-electron chi connectivity index (χ0n) is 13.5.